The van der Waals surface area contributed by atoms with Crippen LogP contribution in [-0.2, 0) is 9.36 Å². The molecule has 0 aliphatic rings. The fourth-order valence-electron chi connectivity index (χ4n) is 0.211. The van der Waals surface area contributed by atoms with Crippen molar-refractivity contribution in [2.24, 2.45) is 0 Å². The zero-order valence-corrected chi connectivity index (χ0v) is 11.1. The third kappa shape index (κ3) is 14.4. The van der Waals surface area contributed by atoms with Gasteiger partial charge in [-0.2, -0.15) is 0 Å². The molecule has 0 saturated carbocycles. The fourth-order valence-corrected chi connectivity index (χ4v) is 0.634. The number of amides is 1. The maximum Gasteiger partial charge on any atom is 1.00 e. The first-order chi connectivity index (χ1) is 3.95. The van der Waals surface area contributed by atoms with Crippen LogP contribution in [0.25, 0.3) is 0 Å². The molecule has 11 heavy (non-hydrogen) atoms. The minimum absolute atomic E-state index is 0. The second kappa shape index (κ2) is 8.19. The molecule has 0 aromatic rings. The molecule has 0 aliphatic carbocycles. The third-order valence-electron chi connectivity index (χ3n) is 0.462. The molecule has 1 amide bonds. The molecule has 0 radical (unpaired) electrons. The van der Waals surface area contributed by atoms with Crippen LogP contribution >= 0.6 is 7.60 Å². The van der Waals surface area contributed by atoms with Crippen LogP contribution in [0.4, 0.5) is 0 Å². The molecule has 0 aromatic carbocycles. The maximum absolute atomic E-state index is 9.89. The number of hydroxylamine groups is 1. The quantitative estimate of drug-likeness (QED) is 0.198. The zero-order chi connectivity index (χ0) is 7.49. The predicted octanol–water partition coefficient (Wildman–Crippen LogP) is -8.59. The summed E-state index contributed by atoms with van der Waals surface area (Å²) in [6.07, 6.45) is -1.20. The summed E-state index contributed by atoms with van der Waals surface area (Å²) in [4.78, 5) is 29.3. The molecule has 0 aliphatic heterocycles. The zero-order valence-electron chi connectivity index (χ0n) is 6.23. The van der Waals surface area contributed by atoms with Crippen molar-refractivity contribution in [2.75, 3.05) is 6.16 Å². The molecule has 0 unspecified atom stereocenters. The smallest absolute Gasteiger partial charge is 0.810 e. The number of hydrogen-bond acceptors (Lipinski definition) is 5. The van der Waals surface area contributed by atoms with Crippen molar-refractivity contribution < 1.29 is 83.5 Å². The molecule has 0 heterocycles. The Balaban J connectivity index is -0.000000320. The molecular formula is C2H4NNa2O5P. The summed E-state index contributed by atoms with van der Waals surface area (Å²) in [6, 6.07) is 0. The monoisotopic (exact) mass is 199 g/mol. The van der Waals surface area contributed by atoms with Crippen LogP contribution in [-0.4, -0.2) is 17.3 Å². The minimum atomic E-state index is -4.81. The molecule has 0 bridgehead atoms. The van der Waals surface area contributed by atoms with Gasteiger partial charge in [-0.05, 0) is 0 Å². The van der Waals surface area contributed by atoms with E-state index in [2.05, 4.69) is 0 Å². The Bertz CT molecular complexity index is 157. The van der Waals surface area contributed by atoms with Gasteiger partial charge in [-0.3, -0.25) is 10.0 Å². The molecule has 0 aromatic heterocycles. The summed E-state index contributed by atoms with van der Waals surface area (Å²) in [7, 11) is -4.81. The van der Waals surface area contributed by atoms with E-state index in [1.165, 1.54) is 0 Å². The van der Waals surface area contributed by atoms with E-state index >= 15 is 0 Å². The van der Waals surface area contributed by atoms with Crippen molar-refractivity contribution in [1.82, 2.24) is 5.48 Å². The van der Waals surface area contributed by atoms with Gasteiger partial charge in [0.1, 0.15) is 0 Å². The largest absolute Gasteiger partial charge is 1.00 e. The van der Waals surface area contributed by atoms with Crippen LogP contribution in [0.15, 0.2) is 0 Å². The first kappa shape index (κ1) is 18.4. The van der Waals surface area contributed by atoms with Crippen molar-refractivity contribution in [1.29, 1.82) is 0 Å². The Kier molecular flexibility index (Phi) is 13.7. The van der Waals surface area contributed by atoms with Crippen LogP contribution in [0.2, 0.25) is 0 Å². The summed E-state index contributed by atoms with van der Waals surface area (Å²) in [6.45, 7) is 0. The first-order valence-corrected chi connectivity index (χ1v) is 3.62. The van der Waals surface area contributed by atoms with E-state index in [1.54, 1.807) is 0 Å². The molecule has 0 saturated heterocycles. The number of hydrogen-bond donors (Lipinski definition) is 2. The Morgan fingerprint density at radius 3 is 1.91 bits per heavy atom. The topological polar surface area (TPSA) is 113 Å². The van der Waals surface area contributed by atoms with Gasteiger partial charge in [0.15, 0.2) is 0 Å². The standard InChI is InChI=1S/C2H6NO5P.2Na/c4-2(3-5)1-9(6,7)8;;/h5H,1H2,(H,3,4)(H2,6,7,8);;/q;2*+1/p-2. The van der Waals surface area contributed by atoms with E-state index in [0.717, 1.165) is 5.48 Å². The van der Waals surface area contributed by atoms with Crippen LogP contribution in [0, 0.1) is 0 Å². The maximum atomic E-state index is 9.89. The van der Waals surface area contributed by atoms with Crippen molar-refractivity contribution in [3.05, 3.63) is 0 Å². The Hall–Kier alpha value is 1.58. The van der Waals surface area contributed by atoms with Gasteiger partial charge >= 0.3 is 59.1 Å². The molecule has 6 nitrogen and oxygen atoms in total. The van der Waals surface area contributed by atoms with Crippen LogP contribution < -0.4 is 74.4 Å². The molecule has 0 spiro atoms. The van der Waals surface area contributed by atoms with Gasteiger partial charge in [0.2, 0.25) is 5.91 Å². The molecule has 0 atom stereocenters. The van der Waals surface area contributed by atoms with E-state index < -0.39 is 19.7 Å². The molecule has 2 N–H and O–H groups in total. The van der Waals surface area contributed by atoms with Gasteiger partial charge in [0, 0.05) is 0 Å². The van der Waals surface area contributed by atoms with Crippen LogP contribution in [0.3, 0.4) is 0 Å². The summed E-state index contributed by atoms with van der Waals surface area (Å²) in [5, 5.41) is 7.70. The second-order valence-corrected chi connectivity index (χ2v) is 2.84. The van der Waals surface area contributed by atoms with Crippen molar-refractivity contribution >= 4 is 13.5 Å². The third-order valence-corrected chi connectivity index (χ3v) is 1.14. The summed E-state index contributed by atoms with van der Waals surface area (Å²) in [5.74, 6) is -1.22. The summed E-state index contributed by atoms with van der Waals surface area (Å²) < 4.78 is 9.70. The van der Waals surface area contributed by atoms with Gasteiger partial charge in [-0.15, -0.1) is 0 Å². The average Bonchev–Trinajstić information content (AvgIpc) is 1.62. The molecule has 0 rings (SSSR count). The summed E-state index contributed by atoms with van der Waals surface area (Å²) >= 11 is 0. The molecule has 0 fully saturated rings. The number of rotatable bonds is 2. The Morgan fingerprint density at radius 2 is 1.82 bits per heavy atom. The molecular weight excluding hydrogens is 195 g/mol. The molecule has 9 heteroatoms. The fraction of sp³-hybridized carbons (Fsp3) is 0.500. The van der Waals surface area contributed by atoms with E-state index in [9.17, 15) is 19.1 Å². The van der Waals surface area contributed by atoms with Crippen LogP contribution in [0.1, 0.15) is 0 Å². The number of carbonyl (C=O) groups excluding carboxylic acids is 1. The van der Waals surface area contributed by atoms with Gasteiger partial charge in [-0.1, -0.05) is 7.60 Å². The van der Waals surface area contributed by atoms with E-state index in [4.69, 9.17) is 5.21 Å². The van der Waals surface area contributed by atoms with Gasteiger partial charge in [0.05, 0.1) is 6.16 Å². The molecule has 54 valence electrons. The van der Waals surface area contributed by atoms with Crippen molar-refractivity contribution in [2.45, 2.75) is 0 Å². The van der Waals surface area contributed by atoms with Gasteiger partial charge in [0.25, 0.3) is 0 Å². The predicted molar refractivity (Wildman–Crippen MR) is 22.4 cm³/mol. The average molecular weight is 199 g/mol. The van der Waals surface area contributed by atoms with Gasteiger partial charge in [-0.25, -0.2) is 5.48 Å². The van der Waals surface area contributed by atoms with Crippen LogP contribution in [0.5, 0.6) is 0 Å². The van der Waals surface area contributed by atoms with Crippen molar-refractivity contribution in [3.63, 3.8) is 0 Å². The number of carbonyl (C=O) groups is 1. The minimum Gasteiger partial charge on any atom is -0.810 e. The van der Waals surface area contributed by atoms with E-state index in [0.29, 0.717) is 0 Å². The first-order valence-electron chi connectivity index (χ1n) is 1.90. The second-order valence-electron chi connectivity index (χ2n) is 1.30. The van der Waals surface area contributed by atoms with Gasteiger partial charge < -0.3 is 14.4 Å². The summed E-state index contributed by atoms with van der Waals surface area (Å²) in [5.41, 5.74) is 1.01. The Labute approximate surface area is 107 Å². The normalized spacial score (nSPS) is 9.00. The van der Waals surface area contributed by atoms with E-state index in [-0.39, 0.29) is 59.1 Å². The Morgan fingerprint density at radius 1 is 1.45 bits per heavy atom. The SMILES string of the molecule is O=C(CP(=O)([O-])[O-])NO.[Na+].[Na+]. The van der Waals surface area contributed by atoms with Crippen molar-refractivity contribution in [3.8, 4) is 0 Å². The van der Waals surface area contributed by atoms with E-state index in [1.807, 2.05) is 0 Å². The number of nitrogens with one attached hydrogen (secondary N) is 1.